The summed E-state index contributed by atoms with van der Waals surface area (Å²) in [5.74, 6) is -0.730. The molecule has 0 bridgehead atoms. The van der Waals surface area contributed by atoms with Crippen molar-refractivity contribution >= 4 is 52.5 Å². The van der Waals surface area contributed by atoms with E-state index in [0.717, 1.165) is 4.90 Å². The van der Waals surface area contributed by atoms with Gasteiger partial charge < -0.3 is 16.4 Å². The van der Waals surface area contributed by atoms with Crippen LogP contribution in [0.5, 0.6) is 0 Å². The number of primary amides is 1. The standard InChI is InChI=1S/C22H18ClN3O3S/c23-16-3-1-2-15(12-16)22(29)26-18-8-10-19(11-9-18)30-13-20(27)25-17-6-4-14(5-7-17)21(24)28/h1-12H,13H2,(H2,24,28)(H,25,27)(H,26,29). The first-order valence-electron chi connectivity index (χ1n) is 8.90. The molecular weight excluding hydrogens is 422 g/mol. The van der Waals surface area contributed by atoms with Gasteiger partial charge in [-0.15, -0.1) is 11.8 Å². The van der Waals surface area contributed by atoms with E-state index < -0.39 is 5.91 Å². The van der Waals surface area contributed by atoms with Crippen molar-refractivity contribution in [2.45, 2.75) is 4.90 Å². The number of anilines is 2. The van der Waals surface area contributed by atoms with Gasteiger partial charge in [0.15, 0.2) is 0 Å². The van der Waals surface area contributed by atoms with Crippen LogP contribution in [0.3, 0.4) is 0 Å². The minimum absolute atomic E-state index is 0.176. The van der Waals surface area contributed by atoms with E-state index in [0.29, 0.717) is 27.5 Å². The molecule has 0 radical (unpaired) electrons. The summed E-state index contributed by atoms with van der Waals surface area (Å²) in [4.78, 5) is 36.3. The zero-order chi connectivity index (χ0) is 21.5. The lowest BCUT2D eigenvalue weighted by molar-refractivity contribution is -0.113. The van der Waals surface area contributed by atoms with Gasteiger partial charge in [-0.2, -0.15) is 0 Å². The molecule has 3 aromatic carbocycles. The molecule has 152 valence electrons. The maximum Gasteiger partial charge on any atom is 0.255 e. The van der Waals surface area contributed by atoms with Crippen LogP contribution in [0, 0.1) is 0 Å². The molecule has 0 aliphatic rings. The fraction of sp³-hybridized carbons (Fsp3) is 0.0455. The van der Waals surface area contributed by atoms with E-state index in [1.54, 1.807) is 60.7 Å². The predicted molar refractivity (Wildman–Crippen MR) is 120 cm³/mol. The predicted octanol–water partition coefficient (Wildman–Crippen LogP) is 4.42. The summed E-state index contributed by atoms with van der Waals surface area (Å²) in [6, 6.07) is 20.3. The number of nitrogens with two attached hydrogens (primary N) is 1. The summed E-state index contributed by atoms with van der Waals surface area (Å²) in [6.45, 7) is 0. The van der Waals surface area contributed by atoms with Crippen molar-refractivity contribution in [2.75, 3.05) is 16.4 Å². The molecule has 0 spiro atoms. The van der Waals surface area contributed by atoms with E-state index >= 15 is 0 Å². The molecule has 0 aromatic heterocycles. The molecular formula is C22H18ClN3O3S. The van der Waals surface area contributed by atoms with Gasteiger partial charge in [-0.25, -0.2) is 0 Å². The van der Waals surface area contributed by atoms with Gasteiger partial charge in [0.2, 0.25) is 11.8 Å². The van der Waals surface area contributed by atoms with E-state index in [9.17, 15) is 14.4 Å². The Labute approximate surface area is 182 Å². The van der Waals surface area contributed by atoms with Crippen LogP contribution in [0.4, 0.5) is 11.4 Å². The molecule has 0 fully saturated rings. The van der Waals surface area contributed by atoms with Crippen LogP contribution in [0.1, 0.15) is 20.7 Å². The number of thioether (sulfide) groups is 1. The molecule has 0 unspecified atom stereocenters. The second-order valence-electron chi connectivity index (χ2n) is 6.27. The zero-order valence-electron chi connectivity index (χ0n) is 15.7. The van der Waals surface area contributed by atoms with Crippen molar-refractivity contribution in [1.29, 1.82) is 0 Å². The third kappa shape index (κ3) is 6.10. The average molecular weight is 440 g/mol. The minimum atomic E-state index is -0.518. The first-order chi connectivity index (χ1) is 14.4. The number of benzene rings is 3. The lowest BCUT2D eigenvalue weighted by atomic mass is 10.2. The van der Waals surface area contributed by atoms with Crippen LogP contribution in [0.25, 0.3) is 0 Å². The Hall–Kier alpha value is -3.29. The van der Waals surface area contributed by atoms with E-state index in [-0.39, 0.29) is 17.6 Å². The monoisotopic (exact) mass is 439 g/mol. The molecule has 0 aliphatic carbocycles. The zero-order valence-corrected chi connectivity index (χ0v) is 17.3. The van der Waals surface area contributed by atoms with Gasteiger partial charge in [-0.05, 0) is 66.7 Å². The SMILES string of the molecule is NC(=O)c1ccc(NC(=O)CSc2ccc(NC(=O)c3cccc(Cl)c3)cc2)cc1. The Bertz CT molecular complexity index is 1070. The molecule has 8 heteroatoms. The van der Waals surface area contributed by atoms with Gasteiger partial charge in [-0.3, -0.25) is 14.4 Å². The summed E-state index contributed by atoms with van der Waals surface area (Å²) in [5.41, 5.74) is 7.27. The molecule has 3 rings (SSSR count). The number of carbonyl (C=O) groups is 3. The Morgan fingerprint density at radius 2 is 1.47 bits per heavy atom. The maximum atomic E-state index is 12.2. The number of hydrogen-bond acceptors (Lipinski definition) is 4. The second kappa shape index (κ2) is 9.96. The summed E-state index contributed by atoms with van der Waals surface area (Å²) >= 11 is 7.27. The quantitative estimate of drug-likeness (QED) is 0.474. The van der Waals surface area contributed by atoms with Crippen molar-refractivity contribution in [3.05, 3.63) is 88.9 Å². The smallest absolute Gasteiger partial charge is 0.255 e. The third-order valence-corrected chi connectivity index (χ3v) is 5.27. The number of rotatable bonds is 7. The largest absolute Gasteiger partial charge is 0.366 e. The van der Waals surface area contributed by atoms with Gasteiger partial charge >= 0.3 is 0 Å². The topological polar surface area (TPSA) is 101 Å². The van der Waals surface area contributed by atoms with E-state index in [1.807, 2.05) is 12.1 Å². The van der Waals surface area contributed by atoms with Gasteiger partial charge in [-0.1, -0.05) is 17.7 Å². The van der Waals surface area contributed by atoms with Crippen LogP contribution in [0.2, 0.25) is 5.02 Å². The highest BCUT2D eigenvalue weighted by Gasteiger charge is 2.08. The first kappa shape index (κ1) is 21.4. The number of nitrogens with one attached hydrogen (secondary N) is 2. The fourth-order valence-corrected chi connectivity index (χ4v) is 3.42. The minimum Gasteiger partial charge on any atom is -0.366 e. The van der Waals surface area contributed by atoms with Crippen molar-refractivity contribution in [3.8, 4) is 0 Å². The Morgan fingerprint density at radius 3 is 2.10 bits per heavy atom. The Kier molecular flexibility index (Phi) is 7.11. The van der Waals surface area contributed by atoms with Gasteiger partial charge in [0, 0.05) is 32.4 Å². The summed E-state index contributed by atoms with van der Waals surface area (Å²) in [7, 11) is 0. The van der Waals surface area contributed by atoms with Gasteiger partial charge in [0.1, 0.15) is 0 Å². The molecule has 0 heterocycles. The molecule has 0 saturated heterocycles. The molecule has 3 amide bonds. The lowest BCUT2D eigenvalue weighted by Gasteiger charge is -2.08. The molecule has 4 N–H and O–H groups in total. The van der Waals surface area contributed by atoms with Gasteiger partial charge in [0.05, 0.1) is 5.75 Å². The third-order valence-electron chi connectivity index (χ3n) is 4.02. The van der Waals surface area contributed by atoms with E-state index in [2.05, 4.69) is 10.6 Å². The molecule has 3 aromatic rings. The van der Waals surface area contributed by atoms with Crippen LogP contribution < -0.4 is 16.4 Å². The van der Waals surface area contributed by atoms with E-state index in [1.165, 1.54) is 11.8 Å². The van der Waals surface area contributed by atoms with Crippen molar-refractivity contribution in [3.63, 3.8) is 0 Å². The van der Waals surface area contributed by atoms with E-state index in [4.69, 9.17) is 17.3 Å². The Morgan fingerprint density at radius 1 is 0.833 bits per heavy atom. The average Bonchev–Trinajstić information content (AvgIpc) is 2.73. The number of amides is 3. The van der Waals surface area contributed by atoms with Crippen molar-refractivity contribution in [2.24, 2.45) is 5.73 Å². The molecule has 0 saturated carbocycles. The van der Waals surface area contributed by atoms with Crippen molar-refractivity contribution < 1.29 is 14.4 Å². The summed E-state index contributed by atoms with van der Waals surface area (Å²) in [6.07, 6.45) is 0. The second-order valence-corrected chi connectivity index (χ2v) is 7.75. The summed E-state index contributed by atoms with van der Waals surface area (Å²) < 4.78 is 0. The van der Waals surface area contributed by atoms with Crippen LogP contribution >= 0.6 is 23.4 Å². The van der Waals surface area contributed by atoms with Crippen LogP contribution in [-0.4, -0.2) is 23.5 Å². The Balaban J connectivity index is 1.49. The molecule has 30 heavy (non-hydrogen) atoms. The van der Waals surface area contributed by atoms with Crippen molar-refractivity contribution in [1.82, 2.24) is 0 Å². The van der Waals surface area contributed by atoms with Gasteiger partial charge in [0.25, 0.3) is 5.91 Å². The molecule has 0 aliphatic heterocycles. The normalized spacial score (nSPS) is 10.3. The molecule has 0 atom stereocenters. The summed E-state index contributed by atoms with van der Waals surface area (Å²) in [5, 5.41) is 6.06. The highest BCUT2D eigenvalue weighted by Crippen LogP contribution is 2.21. The number of halogens is 1. The highest BCUT2D eigenvalue weighted by atomic mass is 35.5. The fourth-order valence-electron chi connectivity index (χ4n) is 2.53. The maximum absolute atomic E-state index is 12.2. The lowest BCUT2D eigenvalue weighted by Crippen LogP contribution is -2.15. The molecule has 6 nitrogen and oxygen atoms in total. The number of carbonyl (C=O) groups excluding carboxylic acids is 3. The van der Waals surface area contributed by atoms with Crippen LogP contribution in [0.15, 0.2) is 77.7 Å². The highest BCUT2D eigenvalue weighted by molar-refractivity contribution is 8.00. The number of hydrogen-bond donors (Lipinski definition) is 3. The first-order valence-corrected chi connectivity index (χ1v) is 10.3. The van der Waals surface area contributed by atoms with Crippen LogP contribution in [-0.2, 0) is 4.79 Å².